The molecule has 0 bridgehead atoms. The first kappa shape index (κ1) is 15.2. The van der Waals surface area contributed by atoms with Crippen molar-refractivity contribution < 1.29 is 20.1 Å². The Kier molecular flexibility index (Phi) is 2.66. The molecule has 4 rings (SSSR count). The van der Waals surface area contributed by atoms with Gasteiger partial charge in [0.15, 0.2) is 17.7 Å². The second kappa shape index (κ2) is 4.20. The van der Waals surface area contributed by atoms with E-state index in [1.807, 2.05) is 0 Å². The molecule has 126 valence electrons. The van der Waals surface area contributed by atoms with Crippen LogP contribution in [-0.2, 0) is 4.74 Å². The summed E-state index contributed by atoms with van der Waals surface area (Å²) in [6.45, 7) is 2.93. The van der Waals surface area contributed by atoms with Gasteiger partial charge in [-0.15, -0.1) is 0 Å². The van der Waals surface area contributed by atoms with Gasteiger partial charge in [0, 0.05) is 5.41 Å². The second-order valence-electron chi connectivity index (χ2n) is 6.69. The molecule has 0 amide bonds. The van der Waals surface area contributed by atoms with Crippen LogP contribution in [0.1, 0.15) is 25.9 Å². The summed E-state index contributed by atoms with van der Waals surface area (Å²) in [5.74, 6) is -0.111. The lowest BCUT2D eigenvalue weighted by Gasteiger charge is -2.26. The van der Waals surface area contributed by atoms with Crippen LogP contribution in [0.4, 0.5) is 5.82 Å². The van der Waals surface area contributed by atoms with Crippen LogP contribution in [0.15, 0.2) is 6.33 Å². The maximum Gasteiger partial charge on any atom is 0.236 e. The molecule has 24 heavy (non-hydrogen) atoms. The molecule has 1 aliphatic carbocycles. The van der Waals surface area contributed by atoms with Crippen LogP contribution in [0.5, 0.6) is 0 Å². The highest BCUT2D eigenvalue weighted by Gasteiger charge is 2.92. The van der Waals surface area contributed by atoms with Gasteiger partial charge in [-0.2, -0.15) is 15.2 Å². The molecule has 0 aromatic carbocycles. The molecule has 1 saturated carbocycles. The minimum atomic E-state index is -1.65. The van der Waals surface area contributed by atoms with E-state index in [1.165, 1.54) is 10.9 Å². The number of aromatic nitrogens is 4. The quantitative estimate of drug-likeness (QED) is 0.521. The second-order valence-corrected chi connectivity index (χ2v) is 6.69. The van der Waals surface area contributed by atoms with Crippen molar-refractivity contribution in [3.05, 3.63) is 12.2 Å². The number of hydrogen-bond donors (Lipinski definition) is 4. The largest absolute Gasteiger partial charge is 0.394 e. The number of aliphatic hydroxyl groups excluding tert-OH is 1. The van der Waals surface area contributed by atoms with Gasteiger partial charge in [-0.05, 0) is 0 Å². The third kappa shape index (κ3) is 1.34. The van der Waals surface area contributed by atoms with Crippen molar-refractivity contribution in [1.82, 2.24) is 19.5 Å². The molecule has 0 unspecified atom stereocenters. The Bertz CT molecular complexity index is 905. The summed E-state index contributed by atoms with van der Waals surface area (Å²) in [6, 6.07) is 1.81. The molecule has 1 aliphatic heterocycles. The Morgan fingerprint density at radius 2 is 2.08 bits per heavy atom. The number of fused-ring (bicyclic) bond motifs is 2. The molecule has 0 radical (unpaired) electrons. The van der Waals surface area contributed by atoms with Gasteiger partial charge >= 0.3 is 0 Å². The van der Waals surface area contributed by atoms with Crippen molar-refractivity contribution in [2.45, 2.75) is 37.4 Å². The summed E-state index contributed by atoms with van der Waals surface area (Å²) in [5.41, 5.74) is 2.09. The van der Waals surface area contributed by atoms with Gasteiger partial charge < -0.3 is 25.8 Å². The standard InChI is InChI=1S/C14H16N6O4/c1-12(2)13(22)6(4-21)24-11(14(12,13)23)20-5-17-8-9(16)18-7(3-15)19-10(8)20/h5-6,11,21-23H,4H2,1-2H3,(H2,16,18,19)/t6-,11-,13+,14-/m1/s1. The number of rotatable bonds is 2. The average Bonchev–Trinajstić information content (AvgIpc) is 2.92. The zero-order valence-corrected chi connectivity index (χ0v) is 13.0. The molecular formula is C14H16N6O4. The fourth-order valence-corrected chi connectivity index (χ4v) is 4.00. The summed E-state index contributed by atoms with van der Waals surface area (Å²) in [4.78, 5) is 12.0. The van der Waals surface area contributed by atoms with E-state index in [0.717, 1.165) is 0 Å². The predicted molar refractivity (Wildman–Crippen MR) is 79.1 cm³/mol. The fraction of sp³-hybridized carbons (Fsp3) is 0.571. The van der Waals surface area contributed by atoms with Crippen LogP contribution in [0.2, 0.25) is 0 Å². The van der Waals surface area contributed by atoms with Gasteiger partial charge in [0.1, 0.15) is 28.9 Å². The molecule has 2 fully saturated rings. The van der Waals surface area contributed by atoms with Crippen LogP contribution in [0, 0.1) is 16.7 Å². The molecule has 10 heteroatoms. The molecule has 2 aromatic rings. The number of nitrogen functional groups attached to an aromatic ring is 1. The molecule has 0 spiro atoms. The monoisotopic (exact) mass is 332 g/mol. The number of aliphatic hydroxyl groups is 3. The molecule has 10 nitrogen and oxygen atoms in total. The van der Waals surface area contributed by atoms with Gasteiger partial charge in [-0.25, -0.2) is 4.98 Å². The summed E-state index contributed by atoms with van der Waals surface area (Å²) in [7, 11) is 0. The maximum absolute atomic E-state index is 11.1. The Morgan fingerprint density at radius 3 is 2.67 bits per heavy atom. The first-order valence-corrected chi connectivity index (χ1v) is 7.35. The van der Waals surface area contributed by atoms with Gasteiger partial charge in [-0.1, -0.05) is 13.8 Å². The highest BCUT2D eigenvalue weighted by atomic mass is 16.6. The zero-order chi connectivity index (χ0) is 17.5. The molecule has 3 heterocycles. The Hall–Kier alpha value is -2.32. The summed E-state index contributed by atoms with van der Waals surface area (Å²) in [5, 5.41) is 40.4. The number of ether oxygens (including phenoxy) is 1. The van der Waals surface area contributed by atoms with Crippen molar-refractivity contribution >= 4 is 17.0 Å². The lowest BCUT2D eigenvalue weighted by molar-refractivity contribution is -0.123. The van der Waals surface area contributed by atoms with Crippen LogP contribution in [0.3, 0.4) is 0 Å². The smallest absolute Gasteiger partial charge is 0.236 e. The number of anilines is 1. The Balaban J connectivity index is 1.91. The third-order valence-corrected chi connectivity index (χ3v) is 5.51. The third-order valence-electron chi connectivity index (χ3n) is 5.51. The molecule has 5 N–H and O–H groups in total. The number of nitriles is 1. The Morgan fingerprint density at radius 1 is 1.38 bits per heavy atom. The van der Waals surface area contributed by atoms with Gasteiger partial charge in [0.2, 0.25) is 5.82 Å². The number of nitrogens with zero attached hydrogens (tertiary/aromatic N) is 5. The van der Waals surface area contributed by atoms with E-state index in [-0.39, 0.29) is 22.8 Å². The van der Waals surface area contributed by atoms with E-state index in [0.29, 0.717) is 0 Å². The van der Waals surface area contributed by atoms with E-state index >= 15 is 0 Å². The summed E-state index contributed by atoms with van der Waals surface area (Å²) < 4.78 is 7.08. The lowest BCUT2D eigenvalue weighted by atomic mass is 10.0. The fourth-order valence-electron chi connectivity index (χ4n) is 4.00. The zero-order valence-electron chi connectivity index (χ0n) is 13.0. The Labute approximate surface area is 136 Å². The van der Waals surface area contributed by atoms with Crippen LogP contribution in [0.25, 0.3) is 11.2 Å². The van der Waals surface area contributed by atoms with E-state index in [2.05, 4.69) is 15.0 Å². The van der Waals surface area contributed by atoms with Crippen LogP contribution in [-0.4, -0.2) is 58.8 Å². The molecule has 4 atom stereocenters. The normalized spacial score (nSPS) is 36.5. The van der Waals surface area contributed by atoms with E-state index < -0.39 is 35.6 Å². The van der Waals surface area contributed by atoms with Gasteiger partial charge in [0.05, 0.1) is 12.9 Å². The molecule has 1 saturated heterocycles. The SMILES string of the molecule is CC1(C)[C@]2(O)[C@H](n3cnc4c(N)nc(C#N)nc43)O[C@H](CO)[C@]12O. The van der Waals surface area contributed by atoms with E-state index in [9.17, 15) is 15.3 Å². The first-order valence-electron chi connectivity index (χ1n) is 7.35. The van der Waals surface area contributed by atoms with E-state index in [1.54, 1.807) is 19.9 Å². The highest BCUT2D eigenvalue weighted by molar-refractivity contribution is 5.82. The van der Waals surface area contributed by atoms with E-state index in [4.69, 9.17) is 15.7 Å². The number of nitrogens with two attached hydrogens (primary N) is 1. The van der Waals surface area contributed by atoms with Crippen molar-refractivity contribution in [3.8, 4) is 6.07 Å². The minimum Gasteiger partial charge on any atom is -0.394 e. The van der Waals surface area contributed by atoms with Crippen molar-refractivity contribution in [1.29, 1.82) is 5.26 Å². The van der Waals surface area contributed by atoms with Crippen molar-refractivity contribution in [2.24, 2.45) is 5.41 Å². The average molecular weight is 332 g/mol. The van der Waals surface area contributed by atoms with Crippen LogP contribution >= 0.6 is 0 Å². The van der Waals surface area contributed by atoms with Crippen molar-refractivity contribution in [2.75, 3.05) is 12.3 Å². The molecule has 2 aliphatic rings. The minimum absolute atomic E-state index is 0.0318. The lowest BCUT2D eigenvalue weighted by Crippen LogP contribution is -2.36. The summed E-state index contributed by atoms with van der Waals surface area (Å²) >= 11 is 0. The predicted octanol–water partition coefficient (Wildman–Crippen LogP) is -1.33. The van der Waals surface area contributed by atoms with Crippen molar-refractivity contribution in [3.63, 3.8) is 0 Å². The number of hydrogen-bond acceptors (Lipinski definition) is 9. The molecule has 2 aromatic heterocycles. The topological polar surface area (TPSA) is 163 Å². The van der Waals surface area contributed by atoms with Crippen LogP contribution < -0.4 is 5.73 Å². The van der Waals surface area contributed by atoms with Gasteiger partial charge in [-0.3, -0.25) is 4.57 Å². The maximum atomic E-state index is 11.1. The number of imidazole rings is 1. The summed E-state index contributed by atoms with van der Waals surface area (Å²) in [6.07, 6.45) is -0.649. The van der Waals surface area contributed by atoms with Gasteiger partial charge in [0.25, 0.3) is 0 Å². The molecular weight excluding hydrogens is 316 g/mol. The first-order chi connectivity index (χ1) is 11.2. The highest BCUT2D eigenvalue weighted by Crippen LogP contribution is 2.75.